The first-order chi connectivity index (χ1) is 11.1. The summed E-state index contributed by atoms with van der Waals surface area (Å²) in [6.07, 6.45) is -0.0532. The van der Waals surface area contributed by atoms with Crippen LogP contribution < -0.4 is 10.6 Å². The molecule has 1 unspecified atom stereocenters. The van der Waals surface area contributed by atoms with Gasteiger partial charge in [-0.15, -0.1) is 0 Å². The zero-order valence-corrected chi connectivity index (χ0v) is 14.8. The molecular formula is C16H22FN3O3S. The van der Waals surface area contributed by atoms with Crippen LogP contribution >= 0.6 is 0 Å². The predicted molar refractivity (Wildman–Crippen MR) is 92.4 cm³/mol. The topological polar surface area (TPSA) is 96.5 Å². The summed E-state index contributed by atoms with van der Waals surface area (Å²) in [5.74, 6) is -0.491. The highest BCUT2D eigenvalue weighted by Gasteiger charge is 2.33. The molecule has 1 aliphatic heterocycles. The Kier molecular flexibility index (Phi) is 5.27. The van der Waals surface area contributed by atoms with Crippen molar-refractivity contribution in [3.05, 3.63) is 29.6 Å². The van der Waals surface area contributed by atoms with Gasteiger partial charge in [-0.1, -0.05) is 0 Å². The first-order valence-electron chi connectivity index (χ1n) is 7.60. The van der Waals surface area contributed by atoms with Gasteiger partial charge in [-0.3, -0.25) is 9.62 Å². The quantitative estimate of drug-likeness (QED) is 0.640. The Balaban J connectivity index is 2.30. The van der Waals surface area contributed by atoms with Gasteiger partial charge in [0.25, 0.3) is 0 Å². The number of ether oxygens (including phenoxy) is 1. The molecule has 0 bridgehead atoms. The van der Waals surface area contributed by atoms with Crippen LogP contribution in [0.4, 0.5) is 14.9 Å². The molecule has 1 heterocycles. The van der Waals surface area contributed by atoms with E-state index in [0.717, 1.165) is 6.42 Å². The van der Waals surface area contributed by atoms with E-state index in [4.69, 9.17) is 15.9 Å². The number of carbonyl (C=O) groups is 1. The zero-order chi connectivity index (χ0) is 18.1. The summed E-state index contributed by atoms with van der Waals surface area (Å²) in [6, 6.07) is 4.01. The number of carbonyl (C=O) groups excluding carboxylic acids is 1. The molecule has 8 heteroatoms. The van der Waals surface area contributed by atoms with E-state index in [1.165, 1.54) is 12.1 Å². The predicted octanol–water partition coefficient (Wildman–Crippen LogP) is 2.37. The maximum absolute atomic E-state index is 13.7. The van der Waals surface area contributed by atoms with E-state index in [2.05, 4.69) is 0 Å². The fourth-order valence-electron chi connectivity index (χ4n) is 2.46. The number of nitrogens with two attached hydrogens (primary N) is 1. The maximum Gasteiger partial charge on any atom is 0.404 e. The lowest BCUT2D eigenvalue weighted by Gasteiger charge is -2.43. The van der Waals surface area contributed by atoms with Crippen LogP contribution in [0.1, 0.15) is 32.8 Å². The van der Waals surface area contributed by atoms with Crippen LogP contribution in [0.3, 0.4) is 0 Å². The Morgan fingerprint density at radius 3 is 2.67 bits per heavy atom. The number of amides is 1. The molecule has 1 saturated heterocycles. The second-order valence-corrected chi connectivity index (χ2v) is 8.81. The summed E-state index contributed by atoms with van der Waals surface area (Å²) in [7, 11) is -1.58. The van der Waals surface area contributed by atoms with E-state index in [-0.39, 0.29) is 17.7 Å². The summed E-state index contributed by atoms with van der Waals surface area (Å²) < 4.78 is 30.4. The van der Waals surface area contributed by atoms with Crippen LogP contribution in [0, 0.1) is 11.2 Å². The van der Waals surface area contributed by atoms with Crippen molar-refractivity contribution >= 4 is 27.6 Å². The minimum absolute atomic E-state index is 0.0856. The molecular weight excluding hydrogens is 333 g/mol. The molecule has 3 N–H and O–H groups in total. The molecule has 2 atom stereocenters. The van der Waals surface area contributed by atoms with Crippen molar-refractivity contribution in [1.82, 2.24) is 0 Å². The van der Waals surface area contributed by atoms with Crippen LogP contribution in [0.15, 0.2) is 18.2 Å². The molecule has 132 valence electrons. The Morgan fingerprint density at radius 1 is 1.50 bits per heavy atom. The van der Waals surface area contributed by atoms with E-state index in [9.17, 15) is 13.4 Å². The Bertz CT molecular complexity index is 688. The molecule has 1 amide bonds. The molecule has 0 radical (unpaired) electrons. The second-order valence-electron chi connectivity index (χ2n) is 6.64. The minimum atomic E-state index is -1.58. The number of hydrogen-bond donors (Lipinski definition) is 2. The number of nitrogens with one attached hydrogen (secondary N) is 1. The van der Waals surface area contributed by atoms with E-state index in [0.29, 0.717) is 17.8 Å². The zero-order valence-electron chi connectivity index (χ0n) is 14.0. The number of hydrogen-bond acceptors (Lipinski definition) is 5. The number of halogens is 1. The van der Waals surface area contributed by atoms with E-state index >= 15 is 0 Å². The number of primary amides is 1. The van der Waals surface area contributed by atoms with Gasteiger partial charge in [0.1, 0.15) is 17.5 Å². The molecule has 1 aromatic rings. The molecule has 0 saturated carbocycles. The smallest absolute Gasteiger partial charge is 0.404 e. The molecule has 0 aromatic heterocycles. The van der Waals surface area contributed by atoms with Crippen molar-refractivity contribution in [3.8, 4) is 0 Å². The summed E-state index contributed by atoms with van der Waals surface area (Å²) in [6.45, 7) is 6.11. The van der Waals surface area contributed by atoms with Crippen molar-refractivity contribution in [2.75, 3.05) is 18.1 Å². The second kappa shape index (κ2) is 6.88. The normalized spacial score (nSPS) is 18.7. The molecule has 0 aliphatic carbocycles. The number of rotatable bonds is 4. The number of anilines is 1. The van der Waals surface area contributed by atoms with Gasteiger partial charge < -0.3 is 15.4 Å². The van der Waals surface area contributed by atoms with Crippen LogP contribution in [0.2, 0.25) is 0 Å². The Morgan fingerprint density at radius 2 is 2.17 bits per heavy atom. The third kappa shape index (κ3) is 3.92. The van der Waals surface area contributed by atoms with Crippen molar-refractivity contribution in [2.45, 2.75) is 38.0 Å². The van der Waals surface area contributed by atoms with Gasteiger partial charge in [0.05, 0.1) is 16.8 Å². The fraction of sp³-hybridized carbons (Fsp3) is 0.500. The SMILES string of the molecule is CC(C)(C)[S@@](=O)C(=N)c1cc(F)ccc1N1CCC1COC(N)=O. The van der Waals surface area contributed by atoms with Crippen LogP contribution in [0.25, 0.3) is 0 Å². The van der Waals surface area contributed by atoms with E-state index in [1.54, 1.807) is 26.8 Å². The molecule has 1 fully saturated rings. The highest BCUT2D eigenvalue weighted by Crippen LogP contribution is 2.32. The number of nitrogens with zero attached hydrogens (tertiary/aromatic N) is 1. The maximum atomic E-state index is 13.7. The average molecular weight is 355 g/mol. The van der Waals surface area contributed by atoms with Crippen molar-refractivity contribution in [3.63, 3.8) is 0 Å². The molecule has 1 aromatic carbocycles. The minimum Gasteiger partial charge on any atom is -0.448 e. The van der Waals surface area contributed by atoms with Crippen molar-refractivity contribution in [2.24, 2.45) is 5.73 Å². The third-order valence-corrected chi connectivity index (χ3v) is 5.52. The van der Waals surface area contributed by atoms with Gasteiger partial charge in [-0.2, -0.15) is 0 Å². The summed E-state index contributed by atoms with van der Waals surface area (Å²) in [4.78, 5) is 12.7. The van der Waals surface area contributed by atoms with Gasteiger partial charge in [0.2, 0.25) is 0 Å². The lowest BCUT2D eigenvalue weighted by molar-refractivity contribution is 0.139. The molecule has 2 rings (SSSR count). The molecule has 1 aliphatic rings. The van der Waals surface area contributed by atoms with E-state index < -0.39 is 27.5 Å². The highest BCUT2D eigenvalue weighted by molar-refractivity contribution is 8.02. The summed E-state index contributed by atoms with van der Waals surface area (Å²) in [5.41, 5.74) is 5.90. The Labute approximate surface area is 143 Å². The lowest BCUT2D eigenvalue weighted by Crippen LogP contribution is -2.51. The first kappa shape index (κ1) is 18.4. The van der Waals surface area contributed by atoms with Crippen molar-refractivity contribution in [1.29, 1.82) is 5.41 Å². The highest BCUT2D eigenvalue weighted by atomic mass is 32.2. The molecule has 6 nitrogen and oxygen atoms in total. The number of benzene rings is 1. The third-order valence-electron chi connectivity index (χ3n) is 3.82. The summed E-state index contributed by atoms with van der Waals surface area (Å²) >= 11 is 0. The van der Waals surface area contributed by atoms with Crippen LogP contribution in [0.5, 0.6) is 0 Å². The van der Waals surface area contributed by atoms with Crippen molar-refractivity contribution < 1.29 is 18.1 Å². The van der Waals surface area contributed by atoms with Gasteiger partial charge in [0.15, 0.2) is 0 Å². The van der Waals surface area contributed by atoms with E-state index in [1.807, 2.05) is 4.90 Å². The standard InChI is InChI=1S/C16H22FN3O3S/c1-16(2,3)24(22)14(18)12-8-10(17)4-5-13(12)20-7-6-11(20)9-23-15(19)21/h4-5,8,11,18H,6-7,9H2,1-3H3,(H2,19,21)/t11?,24-/m0/s1. The molecule has 0 spiro atoms. The van der Waals surface area contributed by atoms with Gasteiger partial charge in [-0.05, 0) is 45.4 Å². The van der Waals surface area contributed by atoms with Crippen LogP contribution in [-0.4, -0.2) is 39.3 Å². The fourth-order valence-corrected chi connectivity index (χ4v) is 3.43. The van der Waals surface area contributed by atoms with Crippen LogP contribution in [-0.2, 0) is 15.5 Å². The Hall–Kier alpha value is -1.96. The summed E-state index contributed by atoms with van der Waals surface area (Å²) in [5, 5.41) is 8.15. The molecule has 24 heavy (non-hydrogen) atoms. The average Bonchev–Trinajstić information content (AvgIpc) is 2.45. The first-order valence-corrected chi connectivity index (χ1v) is 8.75. The lowest BCUT2D eigenvalue weighted by atomic mass is 10.0. The largest absolute Gasteiger partial charge is 0.448 e. The van der Waals surface area contributed by atoms with Gasteiger partial charge in [0, 0.05) is 22.5 Å². The van der Waals surface area contributed by atoms with Gasteiger partial charge >= 0.3 is 6.09 Å². The monoisotopic (exact) mass is 355 g/mol. The van der Waals surface area contributed by atoms with Gasteiger partial charge in [-0.25, -0.2) is 9.18 Å².